The predicted octanol–water partition coefficient (Wildman–Crippen LogP) is 3.41. The minimum Gasteiger partial charge on any atom is -0.375 e. The van der Waals surface area contributed by atoms with Crippen LogP contribution < -0.4 is 5.32 Å². The van der Waals surface area contributed by atoms with Crippen LogP contribution in [-0.2, 0) is 11.3 Å². The highest BCUT2D eigenvalue weighted by molar-refractivity contribution is 5.17. The summed E-state index contributed by atoms with van der Waals surface area (Å²) in [5, 5.41) is 3.51. The zero-order valence-electron chi connectivity index (χ0n) is 11.3. The topological polar surface area (TPSA) is 21.3 Å². The Morgan fingerprint density at radius 2 is 2.05 bits per heavy atom. The van der Waals surface area contributed by atoms with Crippen LogP contribution in [0.4, 0.5) is 4.39 Å². The van der Waals surface area contributed by atoms with Gasteiger partial charge in [-0.15, -0.1) is 0 Å². The molecule has 1 spiro atoms. The standard InChI is InChI=1S/C16H22FNO/c17-15-6-2-1-5-13(15)12-18-14-7-10-19-16(11-14)8-3-4-9-16/h1-2,5-6,14,18H,3-4,7-12H2. The van der Waals surface area contributed by atoms with Gasteiger partial charge in [0.25, 0.3) is 0 Å². The zero-order chi connectivity index (χ0) is 13.1. The molecule has 0 bridgehead atoms. The van der Waals surface area contributed by atoms with Gasteiger partial charge in [0.1, 0.15) is 5.82 Å². The van der Waals surface area contributed by atoms with Crippen molar-refractivity contribution in [2.75, 3.05) is 6.61 Å². The van der Waals surface area contributed by atoms with Gasteiger partial charge < -0.3 is 10.1 Å². The van der Waals surface area contributed by atoms with E-state index in [-0.39, 0.29) is 11.4 Å². The number of ether oxygens (including phenoxy) is 1. The first-order valence-electron chi connectivity index (χ1n) is 7.38. The molecule has 0 amide bonds. The molecule has 1 heterocycles. The van der Waals surface area contributed by atoms with Gasteiger partial charge in [-0.25, -0.2) is 4.39 Å². The van der Waals surface area contributed by atoms with Crippen molar-refractivity contribution in [3.8, 4) is 0 Å². The Bertz CT molecular complexity index is 429. The first-order chi connectivity index (χ1) is 9.27. The summed E-state index contributed by atoms with van der Waals surface area (Å²) < 4.78 is 19.6. The first-order valence-corrected chi connectivity index (χ1v) is 7.38. The number of rotatable bonds is 3. The molecule has 19 heavy (non-hydrogen) atoms. The molecule has 2 fully saturated rings. The average Bonchev–Trinajstić information content (AvgIpc) is 2.86. The second kappa shape index (κ2) is 5.59. The Morgan fingerprint density at radius 1 is 1.26 bits per heavy atom. The molecule has 1 unspecified atom stereocenters. The summed E-state index contributed by atoms with van der Waals surface area (Å²) in [4.78, 5) is 0. The van der Waals surface area contributed by atoms with Gasteiger partial charge in [0, 0.05) is 24.8 Å². The molecular weight excluding hydrogens is 241 g/mol. The Balaban J connectivity index is 1.57. The lowest BCUT2D eigenvalue weighted by Crippen LogP contribution is -2.45. The van der Waals surface area contributed by atoms with E-state index < -0.39 is 0 Å². The van der Waals surface area contributed by atoms with Gasteiger partial charge in [0.2, 0.25) is 0 Å². The van der Waals surface area contributed by atoms with E-state index in [1.165, 1.54) is 31.7 Å². The lowest BCUT2D eigenvalue weighted by atomic mass is 9.89. The Labute approximate surface area is 114 Å². The van der Waals surface area contributed by atoms with E-state index in [4.69, 9.17) is 4.74 Å². The third-order valence-corrected chi connectivity index (χ3v) is 4.55. The second-order valence-electron chi connectivity index (χ2n) is 5.90. The summed E-state index contributed by atoms with van der Waals surface area (Å²) in [7, 11) is 0. The smallest absolute Gasteiger partial charge is 0.127 e. The maximum absolute atomic E-state index is 13.6. The van der Waals surface area contributed by atoms with Crippen LogP contribution in [0.3, 0.4) is 0 Å². The van der Waals surface area contributed by atoms with Crippen LogP contribution in [0.5, 0.6) is 0 Å². The van der Waals surface area contributed by atoms with Crippen LogP contribution >= 0.6 is 0 Å². The van der Waals surface area contributed by atoms with Gasteiger partial charge >= 0.3 is 0 Å². The van der Waals surface area contributed by atoms with Crippen molar-refractivity contribution in [1.82, 2.24) is 5.32 Å². The second-order valence-corrected chi connectivity index (χ2v) is 5.90. The monoisotopic (exact) mass is 263 g/mol. The fourth-order valence-corrected chi connectivity index (χ4v) is 3.47. The van der Waals surface area contributed by atoms with Gasteiger partial charge in [0.15, 0.2) is 0 Å². The molecule has 1 saturated carbocycles. The summed E-state index contributed by atoms with van der Waals surface area (Å²) in [5.74, 6) is -0.113. The van der Waals surface area contributed by atoms with Crippen LogP contribution in [0.15, 0.2) is 24.3 Å². The van der Waals surface area contributed by atoms with Gasteiger partial charge in [-0.2, -0.15) is 0 Å². The summed E-state index contributed by atoms with van der Waals surface area (Å²) >= 11 is 0. The molecule has 3 heteroatoms. The number of hydrogen-bond donors (Lipinski definition) is 1. The number of halogens is 1. The third kappa shape index (κ3) is 2.98. The minimum absolute atomic E-state index is 0.113. The van der Waals surface area contributed by atoms with Gasteiger partial charge in [-0.05, 0) is 31.7 Å². The first kappa shape index (κ1) is 13.1. The van der Waals surface area contributed by atoms with E-state index in [9.17, 15) is 4.39 Å². The number of hydrogen-bond acceptors (Lipinski definition) is 2. The normalized spacial score (nSPS) is 25.8. The molecule has 0 radical (unpaired) electrons. The number of nitrogens with one attached hydrogen (secondary N) is 1. The van der Waals surface area contributed by atoms with Crippen LogP contribution in [-0.4, -0.2) is 18.2 Å². The molecule has 0 aromatic heterocycles. The van der Waals surface area contributed by atoms with Crippen molar-refractivity contribution < 1.29 is 9.13 Å². The Hall–Kier alpha value is -0.930. The zero-order valence-corrected chi connectivity index (χ0v) is 11.3. The Morgan fingerprint density at radius 3 is 2.84 bits per heavy atom. The molecule has 3 rings (SSSR count). The lowest BCUT2D eigenvalue weighted by molar-refractivity contribution is -0.0838. The van der Waals surface area contributed by atoms with Crippen LogP contribution in [0.1, 0.15) is 44.1 Å². The molecule has 2 aliphatic rings. The predicted molar refractivity (Wildman–Crippen MR) is 73.4 cm³/mol. The molecular formula is C16H22FNO. The van der Waals surface area contributed by atoms with Crippen LogP contribution in [0.2, 0.25) is 0 Å². The van der Waals surface area contributed by atoms with Gasteiger partial charge in [0.05, 0.1) is 5.60 Å². The number of benzene rings is 1. The quantitative estimate of drug-likeness (QED) is 0.902. The van der Waals surface area contributed by atoms with Crippen molar-refractivity contribution in [2.24, 2.45) is 0 Å². The van der Waals surface area contributed by atoms with Crippen molar-refractivity contribution >= 4 is 0 Å². The molecule has 1 aromatic carbocycles. The fourth-order valence-electron chi connectivity index (χ4n) is 3.47. The molecule has 1 atom stereocenters. The maximum atomic E-state index is 13.6. The molecule has 1 saturated heterocycles. The van der Waals surface area contributed by atoms with Crippen molar-refractivity contribution in [2.45, 2.75) is 56.7 Å². The molecule has 2 nitrogen and oxygen atoms in total. The SMILES string of the molecule is Fc1ccccc1CNC1CCOC2(CCCC2)C1. The highest BCUT2D eigenvalue weighted by atomic mass is 19.1. The van der Waals surface area contributed by atoms with E-state index in [0.717, 1.165) is 25.0 Å². The van der Waals surface area contributed by atoms with E-state index in [1.807, 2.05) is 12.1 Å². The maximum Gasteiger partial charge on any atom is 0.127 e. The van der Waals surface area contributed by atoms with Crippen molar-refractivity contribution in [3.63, 3.8) is 0 Å². The highest BCUT2D eigenvalue weighted by Crippen LogP contribution is 2.39. The van der Waals surface area contributed by atoms with Gasteiger partial charge in [-0.3, -0.25) is 0 Å². The minimum atomic E-state index is -0.113. The fraction of sp³-hybridized carbons (Fsp3) is 0.625. The average molecular weight is 263 g/mol. The summed E-state index contributed by atoms with van der Waals surface area (Å²) in [5.41, 5.74) is 0.889. The molecule has 1 aromatic rings. The van der Waals surface area contributed by atoms with E-state index >= 15 is 0 Å². The third-order valence-electron chi connectivity index (χ3n) is 4.55. The molecule has 104 valence electrons. The van der Waals surface area contributed by atoms with E-state index in [1.54, 1.807) is 6.07 Å². The largest absolute Gasteiger partial charge is 0.375 e. The molecule has 1 aliphatic heterocycles. The van der Waals surface area contributed by atoms with Crippen molar-refractivity contribution in [3.05, 3.63) is 35.6 Å². The summed E-state index contributed by atoms with van der Waals surface area (Å²) in [6.07, 6.45) is 7.10. The molecule has 1 N–H and O–H groups in total. The van der Waals surface area contributed by atoms with Crippen LogP contribution in [0.25, 0.3) is 0 Å². The summed E-state index contributed by atoms with van der Waals surface area (Å²) in [6.45, 7) is 1.46. The van der Waals surface area contributed by atoms with Crippen molar-refractivity contribution in [1.29, 1.82) is 0 Å². The van der Waals surface area contributed by atoms with E-state index in [0.29, 0.717) is 12.6 Å². The van der Waals surface area contributed by atoms with Crippen LogP contribution in [0, 0.1) is 5.82 Å². The Kier molecular flexibility index (Phi) is 3.85. The summed E-state index contributed by atoms with van der Waals surface area (Å²) in [6, 6.07) is 7.47. The lowest BCUT2D eigenvalue weighted by Gasteiger charge is -2.38. The van der Waals surface area contributed by atoms with Gasteiger partial charge in [-0.1, -0.05) is 31.0 Å². The van der Waals surface area contributed by atoms with E-state index in [2.05, 4.69) is 5.32 Å². The molecule has 1 aliphatic carbocycles. The highest BCUT2D eigenvalue weighted by Gasteiger charge is 2.39.